The maximum Gasteiger partial charge on any atom is 0.119 e. The molecule has 2 nitrogen and oxygen atoms in total. The number of hydrogen-bond acceptors (Lipinski definition) is 2. The van der Waals surface area contributed by atoms with Crippen molar-refractivity contribution in [2.45, 2.75) is 26.8 Å². The maximum atomic E-state index is 5.64. The van der Waals surface area contributed by atoms with Crippen LogP contribution in [0.4, 0.5) is 5.69 Å². The summed E-state index contributed by atoms with van der Waals surface area (Å²) in [6, 6.07) is 16.6. The van der Waals surface area contributed by atoms with Crippen LogP contribution in [0, 0.1) is 6.92 Å². The zero-order valence-corrected chi connectivity index (χ0v) is 11.6. The van der Waals surface area contributed by atoms with Gasteiger partial charge in [-0.15, -0.1) is 0 Å². The largest absolute Gasteiger partial charge is 0.494 e. The second-order valence-corrected chi connectivity index (χ2v) is 4.66. The lowest BCUT2D eigenvalue weighted by molar-refractivity contribution is 0.317. The van der Waals surface area contributed by atoms with E-state index >= 15 is 0 Å². The molecule has 0 aliphatic heterocycles. The van der Waals surface area contributed by atoms with E-state index < -0.39 is 0 Å². The topological polar surface area (TPSA) is 21.3 Å². The van der Waals surface area contributed by atoms with Gasteiger partial charge >= 0.3 is 0 Å². The van der Waals surface area contributed by atoms with Gasteiger partial charge in [0.1, 0.15) is 5.75 Å². The van der Waals surface area contributed by atoms with E-state index in [9.17, 15) is 0 Å². The average Bonchev–Trinajstić information content (AvgIpc) is 2.45. The maximum absolute atomic E-state index is 5.64. The van der Waals surface area contributed by atoms with Gasteiger partial charge < -0.3 is 10.1 Å². The molecule has 0 saturated carbocycles. The highest BCUT2D eigenvalue weighted by atomic mass is 16.5. The lowest BCUT2D eigenvalue weighted by Crippen LogP contribution is -2.01. The van der Waals surface area contributed by atoms with Crippen LogP contribution < -0.4 is 10.1 Å². The van der Waals surface area contributed by atoms with Gasteiger partial charge in [0, 0.05) is 12.2 Å². The van der Waals surface area contributed by atoms with Crippen molar-refractivity contribution < 1.29 is 4.74 Å². The number of benzene rings is 2. The van der Waals surface area contributed by atoms with Gasteiger partial charge in [-0.1, -0.05) is 37.3 Å². The van der Waals surface area contributed by atoms with E-state index in [1.165, 1.54) is 16.8 Å². The molecule has 2 aromatic carbocycles. The van der Waals surface area contributed by atoms with E-state index in [4.69, 9.17) is 4.74 Å². The highest BCUT2D eigenvalue weighted by Crippen LogP contribution is 2.17. The van der Waals surface area contributed by atoms with Gasteiger partial charge in [0.15, 0.2) is 0 Å². The molecule has 0 radical (unpaired) electrons. The van der Waals surface area contributed by atoms with Gasteiger partial charge in [0.25, 0.3) is 0 Å². The molecule has 0 bridgehead atoms. The van der Waals surface area contributed by atoms with Crippen molar-refractivity contribution in [1.82, 2.24) is 0 Å². The second kappa shape index (κ2) is 6.83. The number of rotatable bonds is 6. The van der Waals surface area contributed by atoms with Crippen molar-refractivity contribution in [2.75, 3.05) is 11.9 Å². The van der Waals surface area contributed by atoms with Crippen molar-refractivity contribution in [2.24, 2.45) is 0 Å². The fraction of sp³-hybridized carbons (Fsp3) is 0.294. The fourth-order valence-electron chi connectivity index (χ4n) is 1.93. The summed E-state index contributed by atoms with van der Waals surface area (Å²) in [4.78, 5) is 0. The molecule has 2 aromatic rings. The summed E-state index contributed by atoms with van der Waals surface area (Å²) < 4.78 is 5.64. The predicted octanol–water partition coefficient (Wildman–Crippen LogP) is 4.40. The van der Waals surface area contributed by atoms with Crippen molar-refractivity contribution >= 4 is 5.69 Å². The van der Waals surface area contributed by atoms with E-state index in [0.29, 0.717) is 0 Å². The molecule has 0 spiro atoms. The molecule has 0 aliphatic rings. The summed E-state index contributed by atoms with van der Waals surface area (Å²) in [5.74, 6) is 0.950. The molecular formula is C17H21NO. The highest BCUT2D eigenvalue weighted by molar-refractivity contribution is 5.50. The van der Waals surface area contributed by atoms with Crippen LogP contribution in [0.5, 0.6) is 5.75 Å². The van der Waals surface area contributed by atoms with Crippen LogP contribution >= 0.6 is 0 Å². The Morgan fingerprint density at radius 2 is 1.89 bits per heavy atom. The molecule has 0 amide bonds. The summed E-state index contributed by atoms with van der Waals surface area (Å²) in [6.07, 6.45) is 1.03. The molecule has 1 N–H and O–H groups in total. The number of anilines is 1. The molecule has 2 rings (SSSR count). The molecular weight excluding hydrogens is 234 g/mol. The molecule has 0 atom stereocenters. The quantitative estimate of drug-likeness (QED) is 0.826. The van der Waals surface area contributed by atoms with Crippen molar-refractivity contribution in [3.8, 4) is 5.75 Å². The van der Waals surface area contributed by atoms with Crippen molar-refractivity contribution in [1.29, 1.82) is 0 Å². The zero-order valence-electron chi connectivity index (χ0n) is 11.6. The van der Waals surface area contributed by atoms with Crippen molar-refractivity contribution in [3.05, 3.63) is 59.7 Å². The third-order valence-corrected chi connectivity index (χ3v) is 3.00. The van der Waals surface area contributed by atoms with Crippen LogP contribution in [0.2, 0.25) is 0 Å². The van der Waals surface area contributed by atoms with Crippen LogP contribution in [0.3, 0.4) is 0 Å². The number of aryl methyl sites for hydroxylation is 1. The normalized spacial score (nSPS) is 10.2. The second-order valence-electron chi connectivity index (χ2n) is 4.66. The first kappa shape index (κ1) is 13.5. The number of para-hydroxylation sites is 1. The minimum absolute atomic E-state index is 0.772. The highest BCUT2D eigenvalue weighted by Gasteiger charge is 1.99. The van der Waals surface area contributed by atoms with E-state index in [2.05, 4.69) is 55.6 Å². The van der Waals surface area contributed by atoms with E-state index in [1.54, 1.807) is 0 Å². The molecule has 0 aromatic heterocycles. The Balaban J connectivity index is 1.98. The molecule has 2 heteroatoms. The average molecular weight is 255 g/mol. The van der Waals surface area contributed by atoms with Crippen LogP contribution in [-0.4, -0.2) is 6.61 Å². The number of ether oxygens (including phenoxy) is 1. The SMILES string of the molecule is CCCOc1cccc(CNc2ccccc2C)c1. The number of hydrogen-bond donors (Lipinski definition) is 1. The van der Waals surface area contributed by atoms with Crippen LogP contribution in [-0.2, 0) is 6.54 Å². The number of nitrogens with one attached hydrogen (secondary N) is 1. The molecule has 0 fully saturated rings. The summed E-state index contributed by atoms with van der Waals surface area (Å²) in [5.41, 5.74) is 3.68. The van der Waals surface area contributed by atoms with Gasteiger partial charge in [-0.3, -0.25) is 0 Å². The Morgan fingerprint density at radius 3 is 2.68 bits per heavy atom. The smallest absolute Gasteiger partial charge is 0.119 e. The van der Waals surface area contributed by atoms with Crippen LogP contribution in [0.25, 0.3) is 0 Å². The van der Waals surface area contributed by atoms with E-state index in [-0.39, 0.29) is 0 Å². The Hall–Kier alpha value is -1.96. The summed E-state index contributed by atoms with van der Waals surface area (Å²) in [5, 5.41) is 3.46. The first-order chi connectivity index (χ1) is 9.29. The molecule has 19 heavy (non-hydrogen) atoms. The molecule has 0 heterocycles. The van der Waals surface area contributed by atoms with Crippen molar-refractivity contribution in [3.63, 3.8) is 0 Å². The molecule has 100 valence electrons. The van der Waals surface area contributed by atoms with Gasteiger partial charge in [-0.25, -0.2) is 0 Å². The summed E-state index contributed by atoms with van der Waals surface area (Å²) in [7, 11) is 0. The van der Waals surface area contributed by atoms with Gasteiger partial charge in [0.05, 0.1) is 6.61 Å². The Labute approximate surface area is 115 Å². The zero-order chi connectivity index (χ0) is 13.5. The molecule has 0 unspecified atom stereocenters. The van der Waals surface area contributed by atoms with Gasteiger partial charge in [0.2, 0.25) is 0 Å². The third kappa shape index (κ3) is 4.02. The van der Waals surface area contributed by atoms with Gasteiger partial charge in [-0.05, 0) is 42.7 Å². The summed E-state index contributed by atoms with van der Waals surface area (Å²) >= 11 is 0. The Kier molecular flexibility index (Phi) is 4.85. The van der Waals surface area contributed by atoms with E-state index in [1.807, 2.05) is 12.1 Å². The fourth-order valence-corrected chi connectivity index (χ4v) is 1.93. The minimum Gasteiger partial charge on any atom is -0.494 e. The first-order valence-electron chi connectivity index (χ1n) is 6.81. The minimum atomic E-state index is 0.772. The van der Waals surface area contributed by atoms with Crippen LogP contribution in [0.15, 0.2) is 48.5 Å². The Morgan fingerprint density at radius 1 is 1.05 bits per heavy atom. The predicted molar refractivity (Wildman–Crippen MR) is 80.7 cm³/mol. The lowest BCUT2D eigenvalue weighted by atomic mass is 10.1. The lowest BCUT2D eigenvalue weighted by Gasteiger charge is -2.10. The Bertz CT molecular complexity index is 522. The summed E-state index contributed by atoms with van der Waals surface area (Å²) in [6.45, 7) is 5.82. The van der Waals surface area contributed by atoms with Gasteiger partial charge in [-0.2, -0.15) is 0 Å². The molecule has 0 aliphatic carbocycles. The first-order valence-corrected chi connectivity index (χ1v) is 6.81. The van der Waals surface area contributed by atoms with Crippen LogP contribution in [0.1, 0.15) is 24.5 Å². The third-order valence-electron chi connectivity index (χ3n) is 3.00. The molecule has 0 saturated heterocycles. The van der Waals surface area contributed by atoms with E-state index in [0.717, 1.165) is 25.3 Å². The monoisotopic (exact) mass is 255 g/mol. The standard InChI is InChI=1S/C17H21NO/c1-3-11-19-16-9-6-8-15(12-16)13-18-17-10-5-4-7-14(17)2/h4-10,12,18H,3,11,13H2,1-2H3.